The van der Waals surface area contributed by atoms with Crippen LogP contribution in [0.5, 0.6) is 0 Å². The fraction of sp³-hybridized carbons (Fsp3) is 0.286. The van der Waals surface area contributed by atoms with Gasteiger partial charge in [0.15, 0.2) is 0 Å². The van der Waals surface area contributed by atoms with Crippen LogP contribution in [0, 0.1) is 25.5 Å². The van der Waals surface area contributed by atoms with E-state index in [4.69, 9.17) is 4.42 Å². The lowest BCUT2D eigenvalue weighted by atomic mass is 10.0. The Bertz CT molecular complexity index is 563. The molecule has 0 saturated heterocycles. The van der Waals surface area contributed by atoms with E-state index in [-0.39, 0.29) is 5.56 Å². The summed E-state index contributed by atoms with van der Waals surface area (Å²) in [7, 11) is 1.68. The average Bonchev–Trinajstić information content (AvgIpc) is 2.73. The van der Waals surface area contributed by atoms with E-state index >= 15 is 0 Å². The van der Waals surface area contributed by atoms with E-state index in [1.165, 1.54) is 19.1 Å². The molecule has 96 valence electrons. The summed E-state index contributed by atoms with van der Waals surface area (Å²) in [5.41, 5.74) is 0.539. The van der Waals surface area contributed by atoms with E-state index in [0.717, 1.165) is 5.76 Å². The molecule has 18 heavy (non-hydrogen) atoms. The number of benzene rings is 1. The average molecular weight is 251 g/mol. The Morgan fingerprint density at radius 2 is 1.83 bits per heavy atom. The monoisotopic (exact) mass is 251 g/mol. The lowest BCUT2D eigenvalue weighted by Gasteiger charge is -2.15. The number of nitrogens with one attached hydrogen (secondary N) is 1. The van der Waals surface area contributed by atoms with E-state index in [0.29, 0.717) is 11.3 Å². The maximum atomic E-state index is 13.9. The molecule has 0 aliphatic carbocycles. The Morgan fingerprint density at radius 1 is 1.11 bits per heavy atom. The molecule has 0 spiro atoms. The number of halogens is 2. The van der Waals surface area contributed by atoms with Crippen LogP contribution >= 0.6 is 0 Å². The second-order valence-corrected chi connectivity index (χ2v) is 4.29. The Hall–Kier alpha value is -1.68. The van der Waals surface area contributed by atoms with Crippen LogP contribution in [0.3, 0.4) is 0 Å². The summed E-state index contributed by atoms with van der Waals surface area (Å²) in [6, 6.07) is 5.47. The summed E-state index contributed by atoms with van der Waals surface area (Å²) < 4.78 is 32.9. The fourth-order valence-corrected chi connectivity index (χ4v) is 1.94. The molecule has 1 atom stereocenters. The zero-order valence-corrected chi connectivity index (χ0v) is 10.6. The van der Waals surface area contributed by atoms with Crippen LogP contribution in [-0.2, 0) is 0 Å². The first-order valence-corrected chi connectivity index (χ1v) is 5.72. The van der Waals surface area contributed by atoms with Crippen LogP contribution < -0.4 is 5.32 Å². The Morgan fingerprint density at radius 3 is 2.39 bits per heavy atom. The van der Waals surface area contributed by atoms with Crippen molar-refractivity contribution in [3.63, 3.8) is 0 Å². The van der Waals surface area contributed by atoms with Crippen LogP contribution in [0.25, 0.3) is 0 Å². The summed E-state index contributed by atoms with van der Waals surface area (Å²) in [6.07, 6.45) is 0. The van der Waals surface area contributed by atoms with Crippen LogP contribution in [0.4, 0.5) is 8.78 Å². The van der Waals surface area contributed by atoms with Gasteiger partial charge in [0.25, 0.3) is 0 Å². The molecule has 0 saturated carbocycles. The van der Waals surface area contributed by atoms with E-state index in [9.17, 15) is 8.78 Å². The highest BCUT2D eigenvalue weighted by Crippen LogP contribution is 2.27. The SMILES string of the molecule is CNC(c1ccc(C)o1)c1cc(F)c(C)cc1F. The molecule has 1 N–H and O–H groups in total. The van der Waals surface area contributed by atoms with E-state index < -0.39 is 17.7 Å². The lowest BCUT2D eigenvalue weighted by Crippen LogP contribution is -2.18. The minimum Gasteiger partial charge on any atom is -0.464 e. The molecular weight excluding hydrogens is 236 g/mol. The molecule has 4 heteroatoms. The van der Waals surface area contributed by atoms with E-state index in [2.05, 4.69) is 5.32 Å². The maximum absolute atomic E-state index is 13.9. The largest absolute Gasteiger partial charge is 0.464 e. The van der Waals surface area contributed by atoms with Crippen molar-refractivity contribution in [2.24, 2.45) is 0 Å². The maximum Gasteiger partial charge on any atom is 0.128 e. The molecule has 2 aromatic rings. The molecule has 0 aliphatic rings. The minimum absolute atomic E-state index is 0.245. The highest BCUT2D eigenvalue weighted by atomic mass is 19.1. The first-order chi connectivity index (χ1) is 8.52. The standard InChI is InChI=1S/C14H15F2NO/c1-8-6-12(16)10(7-11(8)15)14(17-3)13-5-4-9(2)18-13/h4-7,14,17H,1-3H3. The fourth-order valence-electron chi connectivity index (χ4n) is 1.94. The first-order valence-electron chi connectivity index (χ1n) is 5.72. The molecule has 1 unspecified atom stereocenters. The zero-order valence-electron chi connectivity index (χ0n) is 10.6. The van der Waals surface area contributed by atoms with Crippen molar-refractivity contribution in [1.82, 2.24) is 5.32 Å². The predicted molar refractivity (Wildman–Crippen MR) is 65.4 cm³/mol. The van der Waals surface area contributed by atoms with Gasteiger partial charge in [-0.25, -0.2) is 8.78 Å². The van der Waals surface area contributed by atoms with Gasteiger partial charge in [-0.1, -0.05) is 0 Å². The summed E-state index contributed by atoms with van der Waals surface area (Å²) in [4.78, 5) is 0. The predicted octanol–water partition coefficient (Wildman–Crippen LogP) is 3.48. The van der Waals surface area contributed by atoms with Crippen molar-refractivity contribution in [2.75, 3.05) is 7.05 Å². The summed E-state index contributed by atoms with van der Waals surface area (Å²) >= 11 is 0. The third-order valence-electron chi connectivity index (χ3n) is 2.92. The molecular formula is C14H15F2NO. The van der Waals surface area contributed by atoms with Crippen molar-refractivity contribution >= 4 is 0 Å². The van der Waals surface area contributed by atoms with Crippen molar-refractivity contribution in [3.05, 3.63) is 58.5 Å². The minimum atomic E-state index is -0.492. The topological polar surface area (TPSA) is 25.2 Å². The molecule has 2 rings (SSSR count). The van der Waals surface area contributed by atoms with E-state index in [1.807, 2.05) is 6.92 Å². The third-order valence-corrected chi connectivity index (χ3v) is 2.92. The zero-order chi connectivity index (χ0) is 13.3. The van der Waals surface area contributed by atoms with Gasteiger partial charge in [0.2, 0.25) is 0 Å². The van der Waals surface area contributed by atoms with E-state index in [1.54, 1.807) is 19.2 Å². The normalized spacial score (nSPS) is 12.7. The Labute approximate surface area is 105 Å². The summed E-state index contributed by atoms with van der Waals surface area (Å²) in [5.74, 6) is 0.438. The van der Waals surface area contributed by atoms with Gasteiger partial charge < -0.3 is 9.73 Å². The van der Waals surface area contributed by atoms with Crippen LogP contribution in [0.2, 0.25) is 0 Å². The van der Waals surface area contributed by atoms with Crippen LogP contribution in [-0.4, -0.2) is 7.05 Å². The van der Waals surface area contributed by atoms with Crippen LogP contribution in [0.1, 0.15) is 28.7 Å². The van der Waals surface area contributed by atoms with Gasteiger partial charge in [-0.15, -0.1) is 0 Å². The second-order valence-electron chi connectivity index (χ2n) is 4.29. The van der Waals surface area contributed by atoms with Crippen LogP contribution in [0.15, 0.2) is 28.7 Å². The van der Waals surface area contributed by atoms with Gasteiger partial charge >= 0.3 is 0 Å². The third kappa shape index (κ3) is 2.29. The number of aryl methyl sites for hydroxylation is 2. The number of furan rings is 1. The second kappa shape index (κ2) is 4.90. The quantitative estimate of drug-likeness (QED) is 0.903. The van der Waals surface area contributed by atoms with Gasteiger partial charge in [-0.2, -0.15) is 0 Å². The number of hydrogen-bond donors (Lipinski definition) is 1. The van der Waals surface area contributed by atoms with Gasteiger partial charge in [0.05, 0.1) is 6.04 Å². The van der Waals surface area contributed by atoms with Crippen molar-refractivity contribution in [1.29, 1.82) is 0 Å². The molecule has 1 aromatic carbocycles. The molecule has 0 amide bonds. The highest BCUT2D eigenvalue weighted by molar-refractivity contribution is 5.32. The molecule has 0 aliphatic heterocycles. The summed E-state index contributed by atoms with van der Waals surface area (Å²) in [6.45, 7) is 3.34. The molecule has 1 heterocycles. The first kappa shape index (κ1) is 12.8. The molecule has 2 nitrogen and oxygen atoms in total. The van der Waals surface area contributed by atoms with Gasteiger partial charge in [0, 0.05) is 5.56 Å². The smallest absolute Gasteiger partial charge is 0.128 e. The Balaban J connectivity index is 2.48. The molecule has 0 radical (unpaired) electrons. The van der Waals surface area contributed by atoms with Crippen molar-refractivity contribution in [2.45, 2.75) is 19.9 Å². The van der Waals surface area contributed by atoms with Crippen molar-refractivity contribution in [3.8, 4) is 0 Å². The van der Waals surface area contributed by atoms with Gasteiger partial charge in [-0.05, 0) is 50.7 Å². The number of hydrogen-bond acceptors (Lipinski definition) is 2. The lowest BCUT2D eigenvalue weighted by molar-refractivity contribution is 0.434. The molecule has 0 fully saturated rings. The summed E-state index contributed by atoms with van der Waals surface area (Å²) in [5, 5.41) is 2.94. The highest BCUT2D eigenvalue weighted by Gasteiger charge is 2.20. The molecule has 0 bridgehead atoms. The molecule has 1 aromatic heterocycles. The Kier molecular flexibility index (Phi) is 3.48. The number of rotatable bonds is 3. The van der Waals surface area contributed by atoms with Gasteiger partial charge in [-0.3, -0.25) is 0 Å². The van der Waals surface area contributed by atoms with Crippen molar-refractivity contribution < 1.29 is 13.2 Å². The van der Waals surface area contributed by atoms with Gasteiger partial charge in [0.1, 0.15) is 23.2 Å².